The number of hydrogen-bond acceptors (Lipinski definition) is 7. The van der Waals surface area contributed by atoms with E-state index in [1.165, 1.54) is 40.9 Å². The highest BCUT2D eigenvalue weighted by Crippen LogP contribution is 2.39. The number of ether oxygens (including phenoxy) is 2. The van der Waals surface area contributed by atoms with E-state index >= 15 is 0 Å². The number of thioether (sulfide) groups is 1. The molecule has 1 heterocycles. The molecule has 1 amide bonds. The van der Waals surface area contributed by atoms with Gasteiger partial charge in [0.05, 0.1) is 22.6 Å². The number of nitrogens with zero attached hydrogens (tertiary/aromatic N) is 2. The van der Waals surface area contributed by atoms with Crippen molar-refractivity contribution in [1.82, 2.24) is 0 Å². The third kappa shape index (κ3) is 5.48. The molecule has 0 saturated carbocycles. The maximum Gasteiger partial charge on any atom is 0.270 e. The Bertz CT molecular complexity index is 1350. The predicted molar refractivity (Wildman–Crippen MR) is 146 cm³/mol. The second-order valence-corrected chi connectivity index (χ2v) is 9.44. The Labute approximate surface area is 218 Å². The lowest BCUT2D eigenvalue weighted by atomic mass is 10.0. The van der Waals surface area contributed by atoms with E-state index in [2.05, 4.69) is 6.58 Å². The summed E-state index contributed by atoms with van der Waals surface area (Å²) in [5.41, 5.74) is 3.07. The Morgan fingerprint density at radius 1 is 1.14 bits per heavy atom. The van der Waals surface area contributed by atoms with E-state index in [1.54, 1.807) is 19.3 Å². The van der Waals surface area contributed by atoms with Gasteiger partial charge >= 0.3 is 0 Å². The summed E-state index contributed by atoms with van der Waals surface area (Å²) in [4.78, 5) is 25.4. The topological polar surface area (TPSA) is 81.9 Å². The zero-order chi connectivity index (χ0) is 25.7. The molecule has 0 N–H and O–H groups in total. The molecule has 36 heavy (non-hydrogen) atoms. The van der Waals surface area contributed by atoms with Crippen molar-refractivity contribution in [3.63, 3.8) is 0 Å². The number of nitro benzene ring substituents is 1. The summed E-state index contributed by atoms with van der Waals surface area (Å²) in [6.45, 7) is 4.23. The molecular weight excluding hydrogens is 496 g/mol. The highest BCUT2D eigenvalue weighted by molar-refractivity contribution is 8.27. The summed E-state index contributed by atoms with van der Waals surface area (Å²) in [6.07, 6.45) is 4.08. The van der Waals surface area contributed by atoms with Crippen LogP contribution >= 0.6 is 24.0 Å². The number of thiocarbonyl (C=S) groups is 1. The molecule has 0 spiro atoms. The average molecular weight is 519 g/mol. The number of hydrogen-bond donors (Lipinski definition) is 0. The number of methoxy groups -OCH3 is 1. The third-order valence-electron chi connectivity index (χ3n) is 5.37. The van der Waals surface area contributed by atoms with E-state index in [0.29, 0.717) is 39.4 Å². The maximum atomic E-state index is 13.2. The van der Waals surface area contributed by atoms with E-state index in [1.807, 2.05) is 42.5 Å². The summed E-state index contributed by atoms with van der Waals surface area (Å²) in [6, 6.07) is 19.3. The van der Waals surface area contributed by atoms with E-state index in [4.69, 9.17) is 21.7 Å². The van der Waals surface area contributed by atoms with E-state index < -0.39 is 4.92 Å². The fourth-order valence-electron chi connectivity index (χ4n) is 3.68. The molecule has 3 aromatic rings. The Morgan fingerprint density at radius 3 is 2.50 bits per heavy atom. The van der Waals surface area contributed by atoms with Crippen LogP contribution in [0.15, 0.2) is 84.3 Å². The summed E-state index contributed by atoms with van der Waals surface area (Å²) >= 11 is 6.60. The van der Waals surface area contributed by atoms with Gasteiger partial charge in [0, 0.05) is 17.7 Å². The Balaban J connectivity index is 1.62. The smallest absolute Gasteiger partial charge is 0.270 e. The van der Waals surface area contributed by atoms with Crippen molar-refractivity contribution in [2.45, 2.75) is 13.0 Å². The predicted octanol–water partition coefficient (Wildman–Crippen LogP) is 6.32. The quantitative estimate of drug-likeness (QED) is 0.108. The molecule has 0 aromatic heterocycles. The molecule has 1 aliphatic heterocycles. The average Bonchev–Trinajstić information content (AvgIpc) is 3.16. The fourth-order valence-corrected chi connectivity index (χ4v) is 4.98. The van der Waals surface area contributed by atoms with Crippen LogP contribution in [0, 0.1) is 10.1 Å². The fraction of sp³-hybridized carbons (Fsp3) is 0.111. The first-order valence-electron chi connectivity index (χ1n) is 10.9. The van der Waals surface area contributed by atoms with Gasteiger partial charge in [-0.25, -0.2) is 0 Å². The molecule has 0 atom stereocenters. The molecule has 182 valence electrons. The third-order valence-corrected chi connectivity index (χ3v) is 6.68. The zero-order valence-corrected chi connectivity index (χ0v) is 21.0. The largest absolute Gasteiger partial charge is 0.493 e. The standard InChI is InChI=1S/C27H22N2O5S2/c1-3-7-20-14-19(15-23(33-2)25(20)34-17-18-8-5-4-6-9-18)16-24-26(30)28(27(35)36-24)21-10-12-22(13-11-21)29(31)32/h3-6,8-16H,1,7,17H2,2H3/b24-16+. The minimum atomic E-state index is -0.491. The molecule has 7 nitrogen and oxygen atoms in total. The van der Waals surface area contributed by atoms with Gasteiger partial charge in [-0.15, -0.1) is 6.58 Å². The van der Waals surface area contributed by atoms with Crippen molar-refractivity contribution in [3.8, 4) is 11.5 Å². The molecule has 1 aliphatic rings. The summed E-state index contributed by atoms with van der Waals surface area (Å²) in [7, 11) is 1.57. The number of nitro groups is 1. The highest BCUT2D eigenvalue weighted by atomic mass is 32.2. The van der Waals surface area contributed by atoms with Crippen LogP contribution in [0.5, 0.6) is 11.5 Å². The number of amides is 1. The molecule has 1 fully saturated rings. The molecule has 9 heteroatoms. The van der Waals surface area contributed by atoms with E-state index in [9.17, 15) is 14.9 Å². The van der Waals surface area contributed by atoms with Crippen LogP contribution < -0.4 is 14.4 Å². The number of carbonyl (C=O) groups excluding carboxylic acids is 1. The SMILES string of the molecule is C=CCc1cc(/C=C2/SC(=S)N(c3ccc([N+](=O)[O-])cc3)C2=O)cc(OC)c1OCc1ccccc1. The summed E-state index contributed by atoms with van der Waals surface area (Å²) in [5, 5.41) is 10.9. The lowest BCUT2D eigenvalue weighted by Crippen LogP contribution is -2.27. The van der Waals surface area contributed by atoms with Crippen molar-refractivity contribution < 1.29 is 19.2 Å². The van der Waals surface area contributed by atoms with Crippen LogP contribution in [-0.4, -0.2) is 22.3 Å². The van der Waals surface area contributed by atoms with Crippen LogP contribution in [0.2, 0.25) is 0 Å². The van der Waals surface area contributed by atoms with Gasteiger partial charge in [-0.2, -0.15) is 0 Å². The lowest BCUT2D eigenvalue weighted by Gasteiger charge is -2.16. The molecule has 4 rings (SSSR count). The summed E-state index contributed by atoms with van der Waals surface area (Å²) < 4.78 is 12.1. The van der Waals surface area contributed by atoms with Gasteiger partial charge in [0.2, 0.25) is 0 Å². The van der Waals surface area contributed by atoms with Crippen LogP contribution in [0.25, 0.3) is 6.08 Å². The maximum absolute atomic E-state index is 13.2. The first kappa shape index (κ1) is 25.2. The zero-order valence-electron chi connectivity index (χ0n) is 19.4. The van der Waals surface area contributed by atoms with Gasteiger partial charge in [0.25, 0.3) is 11.6 Å². The number of allylic oxidation sites excluding steroid dienone is 1. The molecule has 0 unspecified atom stereocenters. The number of anilines is 1. The molecule has 3 aromatic carbocycles. The lowest BCUT2D eigenvalue weighted by molar-refractivity contribution is -0.384. The van der Waals surface area contributed by atoms with Gasteiger partial charge in [-0.05, 0) is 47.9 Å². The second kappa shape index (κ2) is 11.2. The van der Waals surface area contributed by atoms with E-state index in [0.717, 1.165) is 16.7 Å². The van der Waals surface area contributed by atoms with Crippen molar-refractivity contribution in [1.29, 1.82) is 0 Å². The Morgan fingerprint density at radius 2 is 1.86 bits per heavy atom. The van der Waals surface area contributed by atoms with Crippen molar-refractivity contribution in [2.24, 2.45) is 0 Å². The first-order chi connectivity index (χ1) is 17.4. The molecule has 0 bridgehead atoms. The van der Waals surface area contributed by atoms with Gasteiger partial charge in [-0.1, -0.05) is 60.4 Å². The minimum Gasteiger partial charge on any atom is -0.493 e. The Kier molecular flexibility index (Phi) is 7.82. The van der Waals surface area contributed by atoms with Gasteiger partial charge < -0.3 is 9.47 Å². The number of benzene rings is 3. The molecule has 0 radical (unpaired) electrons. The van der Waals surface area contributed by atoms with Crippen LogP contribution in [0.1, 0.15) is 16.7 Å². The normalized spacial score (nSPS) is 14.2. The van der Waals surface area contributed by atoms with Gasteiger partial charge in [0.1, 0.15) is 6.61 Å². The van der Waals surface area contributed by atoms with Crippen molar-refractivity contribution in [3.05, 3.63) is 111 Å². The molecular formula is C27H22N2O5S2. The van der Waals surface area contributed by atoms with Crippen molar-refractivity contribution in [2.75, 3.05) is 12.0 Å². The first-order valence-corrected chi connectivity index (χ1v) is 12.1. The monoisotopic (exact) mass is 518 g/mol. The van der Waals surface area contributed by atoms with Crippen LogP contribution in [0.4, 0.5) is 11.4 Å². The van der Waals surface area contributed by atoms with Crippen LogP contribution in [0.3, 0.4) is 0 Å². The summed E-state index contributed by atoms with van der Waals surface area (Å²) in [5.74, 6) is 0.867. The van der Waals surface area contributed by atoms with E-state index in [-0.39, 0.29) is 11.6 Å². The van der Waals surface area contributed by atoms with Crippen molar-refractivity contribution >= 4 is 51.7 Å². The Hall–Kier alpha value is -3.95. The van der Waals surface area contributed by atoms with Gasteiger partial charge in [-0.3, -0.25) is 19.8 Å². The minimum absolute atomic E-state index is 0.0591. The van der Waals surface area contributed by atoms with Gasteiger partial charge in [0.15, 0.2) is 15.8 Å². The number of rotatable bonds is 9. The van der Waals surface area contributed by atoms with Crippen LogP contribution in [-0.2, 0) is 17.8 Å². The number of carbonyl (C=O) groups is 1. The second-order valence-electron chi connectivity index (χ2n) is 7.77. The number of non-ortho nitro benzene ring substituents is 1. The molecule has 0 aliphatic carbocycles. The molecule has 1 saturated heterocycles. The highest BCUT2D eigenvalue weighted by Gasteiger charge is 2.33.